The van der Waals surface area contributed by atoms with Crippen molar-refractivity contribution >= 4 is 27.0 Å². The predicted molar refractivity (Wildman–Crippen MR) is 100.0 cm³/mol. The molecular weight excluding hydrogens is 419 g/mol. The molecule has 0 aliphatic carbocycles. The number of nitrogens with zero attached hydrogens (tertiary/aromatic N) is 2. The molecule has 2 heterocycles. The molecule has 3 nitrogen and oxygen atoms in total. The van der Waals surface area contributed by atoms with Gasteiger partial charge in [0, 0.05) is 21.7 Å². The molecule has 0 spiro atoms. The van der Waals surface area contributed by atoms with Gasteiger partial charge in [0.2, 0.25) is 0 Å². The number of fused-ring (bicyclic) bond motifs is 1. The van der Waals surface area contributed by atoms with E-state index in [9.17, 15) is 13.2 Å². The Bertz CT molecular complexity index is 1100. The molecule has 0 saturated heterocycles. The van der Waals surface area contributed by atoms with E-state index >= 15 is 0 Å². The number of alkyl halides is 3. The van der Waals surface area contributed by atoms with Gasteiger partial charge in [0.1, 0.15) is 16.9 Å². The SMILES string of the molecule is FC(F)(F)c1cccc(-c2nc3cc[n+](Cc4ccc(Br)cc4)cc3[nH]2)c1. The second-order valence-electron chi connectivity index (χ2n) is 6.21. The van der Waals surface area contributed by atoms with Gasteiger partial charge in [-0.05, 0) is 24.3 Å². The van der Waals surface area contributed by atoms with Crippen molar-refractivity contribution in [2.24, 2.45) is 0 Å². The number of benzene rings is 2. The Balaban J connectivity index is 1.66. The number of pyridine rings is 1. The van der Waals surface area contributed by atoms with Gasteiger partial charge in [0.05, 0.1) is 5.56 Å². The molecule has 7 heteroatoms. The van der Waals surface area contributed by atoms with Crippen LogP contribution in [-0.2, 0) is 12.7 Å². The standard InChI is InChI=1S/C20H13BrF3N3/c21-16-6-4-13(5-7-16)11-27-9-8-17-18(12-27)26-19(25-17)14-2-1-3-15(10-14)20(22,23)24/h1-10,12H,11H2/p+1. The summed E-state index contributed by atoms with van der Waals surface area (Å²) in [6, 6.07) is 15.0. The molecule has 0 aliphatic rings. The molecule has 0 amide bonds. The second-order valence-corrected chi connectivity index (χ2v) is 7.12. The van der Waals surface area contributed by atoms with Crippen LogP contribution in [-0.4, -0.2) is 9.97 Å². The maximum Gasteiger partial charge on any atom is 0.416 e. The smallest absolute Gasteiger partial charge is 0.333 e. The molecule has 136 valence electrons. The van der Waals surface area contributed by atoms with Gasteiger partial charge in [-0.25, -0.2) is 4.98 Å². The Morgan fingerprint density at radius 3 is 2.56 bits per heavy atom. The van der Waals surface area contributed by atoms with Crippen LogP contribution in [0.4, 0.5) is 13.2 Å². The van der Waals surface area contributed by atoms with Gasteiger partial charge in [-0.2, -0.15) is 17.7 Å². The van der Waals surface area contributed by atoms with E-state index in [2.05, 4.69) is 25.9 Å². The maximum atomic E-state index is 12.9. The number of aromatic amines is 1. The summed E-state index contributed by atoms with van der Waals surface area (Å²) >= 11 is 3.42. The molecule has 0 radical (unpaired) electrons. The monoisotopic (exact) mass is 432 g/mol. The van der Waals surface area contributed by atoms with Crippen molar-refractivity contribution in [2.75, 3.05) is 0 Å². The number of imidazole rings is 1. The van der Waals surface area contributed by atoms with E-state index in [1.165, 1.54) is 6.07 Å². The maximum absolute atomic E-state index is 12.9. The lowest BCUT2D eigenvalue weighted by Crippen LogP contribution is -2.33. The fourth-order valence-corrected chi connectivity index (χ4v) is 3.14. The van der Waals surface area contributed by atoms with E-state index in [4.69, 9.17) is 0 Å². The minimum atomic E-state index is -4.38. The van der Waals surface area contributed by atoms with Crippen molar-refractivity contribution in [3.63, 3.8) is 0 Å². The highest BCUT2D eigenvalue weighted by atomic mass is 79.9. The molecule has 2 aromatic heterocycles. The van der Waals surface area contributed by atoms with E-state index in [1.807, 2.05) is 47.3 Å². The van der Waals surface area contributed by atoms with E-state index in [-0.39, 0.29) is 0 Å². The minimum absolute atomic E-state index is 0.403. The zero-order valence-electron chi connectivity index (χ0n) is 14.0. The number of H-pyrrole nitrogens is 1. The first-order chi connectivity index (χ1) is 12.9. The molecule has 0 bridgehead atoms. The Hall–Kier alpha value is -2.67. The van der Waals surface area contributed by atoms with Crippen molar-refractivity contribution < 1.29 is 17.7 Å². The highest BCUT2D eigenvalue weighted by Gasteiger charge is 2.30. The van der Waals surface area contributed by atoms with E-state index in [0.29, 0.717) is 23.4 Å². The number of aromatic nitrogens is 3. The van der Waals surface area contributed by atoms with Crippen molar-refractivity contribution in [2.45, 2.75) is 12.7 Å². The first kappa shape index (κ1) is 17.7. The molecule has 0 unspecified atom stereocenters. The van der Waals surface area contributed by atoms with Crippen LogP contribution < -0.4 is 4.57 Å². The number of nitrogens with one attached hydrogen (secondary N) is 1. The number of rotatable bonds is 3. The lowest BCUT2D eigenvalue weighted by atomic mass is 10.1. The molecule has 0 saturated carbocycles. The van der Waals surface area contributed by atoms with Crippen LogP contribution in [0.25, 0.3) is 22.4 Å². The van der Waals surface area contributed by atoms with Crippen molar-refractivity contribution in [1.29, 1.82) is 0 Å². The number of hydrogen-bond donors (Lipinski definition) is 1. The van der Waals surface area contributed by atoms with Crippen LogP contribution in [0.5, 0.6) is 0 Å². The summed E-state index contributed by atoms with van der Waals surface area (Å²) < 4.78 is 41.8. The molecule has 0 atom stereocenters. The lowest BCUT2D eigenvalue weighted by molar-refractivity contribution is -0.687. The van der Waals surface area contributed by atoms with Gasteiger partial charge >= 0.3 is 6.18 Å². The predicted octanol–water partition coefficient (Wildman–Crippen LogP) is 5.35. The zero-order valence-corrected chi connectivity index (χ0v) is 15.6. The Morgan fingerprint density at radius 2 is 1.81 bits per heavy atom. The first-order valence-electron chi connectivity index (χ1n) is 8.19. The van der Waals surface area contributed by atoms with E-state index in [1.54, 1.807) is 6.07 Å². The van der Waals surface area contributed by atoms with Gasteiger partial charge in [0.25, 0.3) is 0 Å². The minimum Gasteiger partial charge on any atom is -0.333 e. The van der Waals surface area contributed by atoms with Crippen LogP contribution in [0.15, 0.2) is 71.5 Å². The summed E-state index contributed by atoms with van der Waals surface area (Å²) in [7, 11) is 0. The van der Waals surface area contributed by atoms with Gasteiger partial charge < -0.3 is 4.98 Å². The summed E-state index contributed by atoms with van der Waals surface area (Å²) in [5, 5.41) is 0. The summed E-state index contributed by atoms with van der Waals surface area (Å²) in [4.78, 5) is 7.54. The quantitative estimate of drug-likeness (QED) is 0.435. The van der Waals surface area contributed by atoms with Gasteiger partial charge in [-0.3, -0.25) is 0 Å². The zero-order chi connectivity index (χ0) is 19.0. The molecule has 27 heavy (non-hydrogen) atoms. The largest absolute Gasteiger partial charge is 0.416 e. The van der Waals surface area contributed by atoms with E-state index in [0.717, 1.165) is 27.7 Å². The van der Waals surface area contributed by atoms with E-state index < -0.39 is 11.7 Å². The summed E-state index contributed by atoms with van der Waals surface area (Å²) in [5.41, 5.74) is 2.32. The molecule has 1 N–H and O–H groups in total. The van der Waals surface area contributed by atoms with Crippen LogP contribution in [0.1, 0.15) is 11.1 Å². The fourth-order valence-electron chi connectivity index (χ4n) is 2.88. The fraction of sp³-hybridized carbons (Fsp3) is 0.100. The van der Waals surface area contributed by atoms with Crippen molar-refractivity contribution in [3.05, 3.63) is 82.6 Å². The highest BCUT2D eigenvalue weighted by Crippen LogP contribution is 2.31. The van der Waals surface area contributed by atoms with Crippen molar-refractivity contribution in [3.8, 4) is 11.4 Å². The summed E-state index contributed by atoms with van der Waals surface area (Å²) in [6.07, 6.45) is -0.571. The molecular formula is C20H14BrF3N3+. The van der Waals surface area contributed by atoms with Crippen LogP contribution in [0.2, 0.25) is 0 Å². The topological polar surface area (TPSA) is 32.6 Å². The van der Waals surface area contributed by atoms with Crippen LogP contribution in [0.3, 0.4) is 0 Å². The number of halogens is 4. The summed E-state index contributed by atoms with van der Waals surface area (Å²) in [6.45, 7) is 0.682. The van der Waals surface area contributed by atoms with Gasteiger partial charge in [-0.15, -0.1) is 0 Å². The molecule has 4 aromatic rings. The molecule has 0 fully saturated rings. The average molecular weight is 433 g/mol. The van der Waals surface area contributed by atoms with Crippen molar-refractivity contribution in [1.82, 2.24) is 9.97 Å². The molecule has 0 aliphatic heterocycles. The Labute approximate surface area is 161 Å². The van der Waals surface area contributed by atoms with Gasteiger partial charge in [0.15, 0.2) is 18.9 Å². The van der Waals surface area contributed by atoms with Gasteiger partial charge in [-0.1, -0.05) is 40.2 Å². The van der Waals surface area contributed by atoms with Crippen LogP contribution >= 0.6 is 15.9 Å². The summed E-state index contributed by atoms with van der Waals surface area (Å²) in [5.74, 6) is 0.414. The molecule has 2 aromatic carbocycles. The third-order valence-electron chi connectivity index (χ3n) is 4.22. The lowest BCUT2D eigenvalue weighted by Gasteiger charge is -2.07. The number of hydrogen-bond acceptors (Lipinski definition) is 1. The Kier molecular flexibility index (Phi) is 4.47. The van der Waals surface area contributed by atoms with Crippen LogP contribution in [0, 0.1) is 0 Å². The first-order valence-corrected chi connectivity index (χ1v) is 8.99. The molecule has 4 rings (SSSR count). The third-order valence-corrected chi connectivity index (χ3v) is 4.75. The normalized spacial score (nSPS) is 11.9. The highest BCUT2D eigenvalue weighted by molar-refractivity contribution is 9.10. The Morgan fingerprint density at radius 1 is 1.04 bits per heavy atom. The third kappa shape index (κ3) is 3.88. The average Bonchev–Trinajstić information content (AvgIpc) is 3.06. The second kappa shape index (κ2) is 6.81.